The summed E-state index contributed by atoms with van der Waals surface area (Å²) in [7, 11) is 0. The number of carbonyl (C=O) groups excluding carboxylic acids is 1. The van der Waals surface area contributed by atoms with Crippen LogP contribution < -0.4 is 11.0 Å². The maximum Gasteiger partial charge on any atom is 0.274 e. The molecule has 1 amide bonds. The molecule has 2 N–H and O–H groups in total. The molecule has 0 aliphatic rings. The van der Waals surface area contributed by atoms with E-state index in [0.29, 0.717) is 23.4 Å². The summed E-state index contributed by atoms with van der Waals surface area (Å²) < 4.78 is 1.52. The van der Waals surface area contributed by atoms with Gasteiger partial charge in [-0.3, -0.25) is 19.4 Å². The zero-order chi connectivity index (χ0) is 22.0. The zero-order valence-corrected chi connectivity index (χ0v) is 17.4. The second-order valence-electron chi connectivity index (χ2n) is 7.83. The predicted molar refractivity (Wildman–Crippen MR) is 120 cm³/mol. The van der Waals surface area contributed by atoms with Crippen molar-refractivity contribution in [1.29, 1.82) is 0 Å². The monoisotopic (exact) mass is 413 g/mol. The molecule has 0 aliphatic heterocycles. The van der Waals surface area contributed by atoms with Crippen LogP contribution in [0.5, 0.6) is 0 Å². The Kier molecular flexibility index (Phi) is 5.64. The van der Waals surface area contributed by atoms with Gasteiger partial charge >= 0.3 is 0 Å². The Morgan fingerprint density at radius 2 is 1.77 bits per heavy atom. The molecule has 31 heavy (non-hydrogen) atoms. The molecular formula is C25H23N3O3. The van der Waals surface area contributed by atoms with Crippen molar-refractivity contribution in [2.24, 2.45) is 0 Å². The van der Waals surface area contributed by atoms with Crippen molar-refractivity contribution in [1.82, 2.24) is 15.0 Å². The number of fused-ring (bicyclic) bond motifs is 1. The van der Waals surface area contributed by atoms with Crippen molar-refractivity contribution < 1.29 is 10.0 Å². The fourth-order valence-electron chi connectivity index (χ4n) is 3.60. The van der Waals surface area contributed by atoms with Gasteiger partial charge in [0.25, 0.3) is 11.5 Å². The van der Waals surface area contributed by atoms with E-state index in [9.17, 15) is 9.59 Å². The van der Waals surface area contributed by atoms with Crippen LogP contribution in [0.4, 0.5) is 0 Å². The first-order valence-corrected chi connectivity index (χ1v) is 10.1. The van der Waals surface area contributed by atoms with Gasteiger partial charge in [-0.25, -0.2) is 10.5 Å². The molecular weight excluding hydrogens is 390 g/mol. The molecule has 4 rings (SSSR count). The second-order valence-corrected chi connectivity index (χ2v) is 7.83. The van der Waals surface area contributed by atoms with Crippen LogP contribution >= 0.6 is 0 Å². The Labute approximate surface area is 179 Å². The number of hydrogen-bond donors (Lipinski definition) is 2. The summed E-state index contributed by atoms with van der Waals surface area (Å²) in [4.78, 5) is 29.0. The van der Waals surface area contributed by atoms with Gasteiger partial charge in [-0.05, 0) is 52.4 Å². The Morgan fingerprint density at radius 1 is 1.03 bits per heavy atom. The topological polar surface area (TPSA) is 84.2 Å². The number of amides is 1. The summed E-state index contributed by atoms with van der Waals surface area (Å²) in [5.41, 5.74) is 6.50. The molecule has 0 saturated carbocycles. The average Bonchev–Trinajstić information content (AvgIpc) is 2.80. The molecule has 0 aliphatic carbocycles. The lowest BCUT2D eigenvalue weighted by Gasteiger charge is -2.11. The summed E-state index contributed by atoms with van der Waals surface area (Å²) >= 11 is 0. The number of benzene rings is 3. The van der Waals surface area contributed by atoms with Crippen LogP contribution in [0.3, 0.4) is 0 Å². The van der Waals surface area contributed by atoms with Gasteiger partial charge in [-0.1, -0.05) is 56.3 Å². The smallest absolute Gasteiger partial charge is 0.274 e. The first-order chi connectivity index (χ1) is 15.0. The highest BCUT2D eigenvalue weighted by Gasteiger charge is 2.10. The summed E-state index contributed by atoms with van der Waals surface area (Å²) in [6, 6.07) is 21.1. The van der Waals surface area contributed by atoms with Crippen LogP contribution in [0.25, 0.3) is 22.0 Å². The third kappa shape index (κ3) is 4.25. The van der Waals surface area contributed by atoms with Crippen LogP contribution in [0.2, 0.25) is 0 Å². The van der Waals surface area contributed by atoms with Gasteiger partial charge in [-0.2, -0.15) is 0 Å². The largest absolute Gasteiger partial charge is 0.294 e. The van der Waals surface area contributed by atoms with Gasteiger partial charge in [0.15, 0.2) is 0 Å². The van der Waals surface area contributed by atoms with E-state index in [-0.39, 0.29) is 11.1 Å². The molecule has 6 nitrogen and oxygen atoms in total. The maximum absolute atomic E-state index is 13.0. The average molecular weight is 413 g/mol. The van der Waals surface area contributed by atoms with Gasteiger partial charge in [0.1, 0.15) is 0 Å². The minimum atomic E-state index is -0.673. The van der Waals surface area contributed by atoms with Crippen molar-refractivity contribution in [3.05, 3.63) is 100 Å². The van der Waals surface area contributed by atoms with E-state index in [1.54, 1.807) is 11.5 Å². The highest BCUT2D eigenvalue weighted by atomic mass is 16.5. The van der Waals surface area contributed by atoms with Gasteiger partial charge in [0.2, 0.25) is 0 Å². The van der Waals surface area contributed by atoms with Crippen molar-refractivity contribution in [3.8, 4) is 11.1 Å². The normalized spacial score (nSPS) is 11.1. The minimum Gasteiger partial charge on any atom is -0.294 e. The van der Waals surface area contributed by atoms with E-state index < -0.39 is 5.91 Å². The van der Waals surface area contributed by atoms with E-state index in [1.807, 2.05) is 12.1 Å². The summed E-state index contributed by atoms with van der Waals surface area (Å²) in [5, 5.41) is 9.17. The fraction of sp³-hybridized carbons (Fsp3) is 0.160. The van der Waals surface area contributed by atoms with E-state index in [4.69, 9.17) is 5.21 Å². The fourth-order valence-corrected chi connectivity index (χ4v) is 3.60. The molecule has 0 radical (unpaired) electrons. The van der Waals surface area contributed by atoms with Crippen molar-refractivity contribution in [2.75, 3.05) is 0 Å². The molecule has 1 heterocycles. The SMILES string of the molecule is CC(C)c1cccc(-c2cccc(Cn3cnc4ccc(C(=O)NO)cc4c3=O)c2)c1. The molecule has 4 aromatic rings. The molecule has 6 heteroatoms. The molecule has 0 atom stereocenters. The molecule has 156 valence electrons. The molecule has 0 unspecified atom stereocenters. The highest BCUT2D eigenvalue weighted by Crippen LogP contribution is 2.25. The van der Waals surface area contributed by atoms with Crippen molar-refractivity contribution in [3.63, 3.8) is 0 Å². The van der Waals surface area contributed by atoms with Gasteiger partial charge in [0, 0.05) is 5.56 Å². The number of nitrogens with zero attached hydrogens (tertiary/aromatic N) is 2. The third-order valence-corrected chi connectivity index (χ3v) is 5.35. The molecule has 3 aromatic carbocycles. The predicted octanol–water partition coefficient (Wildman–Crippen LogP) is 4.35. The minimum absolute atomic E-state index is 0.193. The third-order valence-electron chi connectivity index (χ3n) is 5.35. The molecule has 0 saturated heterocycles. The van der Waals surface area contributed by atoms with Crippen molar-refractivity contribution >= 4 is 16.8 Å². The molecule has 0 bridgehead atoms. The Balaban J connectivity index is 1.69. The summed E-state index contributed by atoms with van der Waals surface area (Å²) in [6.07, 6.45) is 1.52. The first kappa shape index (κ1) is 20.5. The van der Waals surface area contributed by atoms with Gasteiger partial charge in [0.05, 0.1) is 23.8 Å². The molecule has 1 aromatic heterocycles. The van der Waals surface area contributed by atoms with Crippen LogP contribution in [-0.4, -0.2) is 20.7 Å². The lowest BCUT2D eigenvalue weighted by molar-refractivity contribution is 0.0706. The van der Waals surface area contributed by atoms with Gasteiger partial charge < -0.3 is 0 Å². The van der Waals surface area contributed by atoms with E-state index in [2.05, 4.69) is 55.2 Å². The van der Waals surface area contributed by atoms with E-state index in [0.717, 1.165) is 16.7 Å². The summed E-state index contributed by atoms with van der Waals surface area (Å²) in [6.45, 7) is 4.70. The second kappa shape index (κ2) is 8.53. The number of nitrogens with one attached hydrogen (secondary N) is 1. The molecule has 0 spiro atoms. The Hall–Kier alpha value is -3.77. The Morgan fingerprint density at radius 3 is 2.52 bits per heavy atom. The number of carbonyl (C=O) groups is 1. The lowest BCUT2D eigenvalue weighted by Crippen LogP contribution is -2.23. The van der Waals surface area contributed by atoms with Crippen LogP contribution in [0.1, 0.15) is 41.3 Å². The van der Waals surface area contributed by atoms with Crippen molar-refractivity contribution in [2.45, 2.75) is 26.3 Å². The number of hydrogen-bond acceptors (Lipinski definition) is 4. The molecule has 0 fully saturated rings. The maximum atomic E-state index is 13.0. The summed E-state index contributed by atoms with van der Waals surface area (Å²) in [5.74, 6) is -0.226. The number of hydroxylamine groups is 1. The van der Waals surface area contributed by atoms with Crippen LogP contribution in [0.15, 0.2) is 77.9 Å². The van der Waals surface area contributed by atoms with Gasteiger partial charge in [-0.15, -0.1) is 0 Å². The van der Waals surface area contributed by atoms with E-state index >= 15 is 0 Å². The van der Waals surface area contributed by atoms with E-state index in [1.165, 1.54) is 28.6 Å². The standard InChI is InChI=1S/C25H23N3O3/c1-16(2)18-6-4-8-20(12-18)19-7-3-5-17(11-19)14-28-15-26-23-10-9-21(24(29)27-31)13-22(23)25(28)30/h3-13,15-16,31H,14H2,1-2H3,(H,27,29). The van der Waals surface area contributed by atoms with Crippen LogP contribution in [-0.2, 0) is 6.54 Å². The first-order valence-electron chi connectivity index (χ1n) is 10.1. The zero-order valence-electron chi connectivity index (χ0n) is 17.4. The van der Waals surface area contributed by atoms with Crippen LogP contribution in [0, 0.1) is 0 Å². The lowest BCUT2D eigenvalue weighted by atomic mass is 9.96. The number of aromatic nitrogens is 2. The highest BCUT2D eigenvalue weighted by molar-refractivity contribution is 5.97. The Bertz CT molecular complexity index is 1330. The number of rotatable bonds is 5. The quantitative estimate of drug-likeness (QED) is 0.376.